The summed E-state index contributed by atoms with van der Waals surface area (Å²) in [4.78, 5) is 4.13. The molecule has 0 radical (unpaired) electrons. The number of halogens is 1. The first kappa shape index (κ1) is 22.2. The van der Waals surface area contributed by atoms with Crippen LogP contribution in [0, 0.1) is 0 Å². The standard InChI is InChI=1S/C22H24ClN3O3.CH4/c23-18-3-1-17(2-4-18)9-10-22(15-26-12-11-25-16-26)28-14-21(29-22)13-27-20-7-5-19(24)6-8-20;/h1-8,11-12,16,21H,9-10,13-15,24H2;1H4/t21-,22-;/m1./s1. The molecule has 3 aromatic rings. The van der Waals surface area contributed by atoms with Crippen molar-refractivity contribution in [3.63, 3.8) is 0 Å². The average Bonchev–Trinajstić information content (AvgIpc) is 3.38. The van der Waals surface area contributed by atoms with E-state index in [1.807, 2.05) is 59.3 Å². The summed E-state index contributed by atoms with van der Waals surface area (Å²) in [6.45, 7) is 1.46. The van der Waals surface area contributed by atoms with Gasteiger partial charge in [-0.25, -0.2) is 4.98 Å². The number of anilines is 1. The van der Waals surface area contributed by atoms with Crippen molar-refractivity contribution >= 4 is 17.3 Å². The average molecular weight is 430 g/mol. The molecule has 0 spiro atoms. The molecule has 0 amide bonds. The number of ether oxygens (including phenoxy) is 3. The zero-order valence-corrected chi connectivity index (χ0v) is 16.8. The lowest BCUT2D eigenvalue weighted by Crippen LogP contribution is -2.37. The smallest absolute Gasteiger partial charge is 0.187 e. The van der Waals surface area contributed by atoms with E-state index in [2.05, 4.69) is 4.98 Å². The predicted octanol–water partition coefficient (Wildman–Crippen LogP) is 4.58. The minimum atomic E-state index is -0.727. The van der Waals surface area contributed by atoms with Crippen molar-refractivity contribution in [1.29, 1.82) is 0 Å². The summed E-state index contributed by atoms with van der Waals surface area (Å²) in [7, 11) is 0. The first-order valence-electron chi connectivity index (χ1n) is 9.61. The molecule has 0 unspecified atom stereocenters. The maximum atomic E-state index is 6.37. The van der Waals surface area contributed by atoms with Gasteiger partial charge in [0.25, 0.3) is 0 Å². The topological polar surface area (TPSA) is 71.5 Å². The Bertz CT molecular complexity index is 900. The molecular weight excluding hydrogens is 402 g/mol. The van der Waals surface area contributed by atoms with E-state index in [9.17, 15) is 0 Å². The highest BCUT2D eigenvalue weighted by Gasteiger charge is 2.42. The minimum Gasteiger partial charge on any atom is -0.491 e. The third kappa shape index (κ3) is 5.75. The normalized spacial score (nSPS) is 20.6. The second kappa shape index (κ2) is 9.98. The van der Waals surface area contributed by atoms with Gasteiger partial charge in [0.2, 0.25) is 0 Å². The zero-order chi connectivity index (χ0) is 20.1. The largest absolute Gasteiger partial charge is 0.491 e. The fraction of sp³-hybridized carbons (Fsp3) is 0.348. The van der Waals surface area contributed by atoms with Gasteiger partial charge in [0.15, 0.2) is 5.79 Å². The molecule has 160 valence electrons. The highest BCUT2D eigenvalue weighted by Crippen LogP contribution is 2.31. The van der Waals surface area contributed by atoms with Gasteiger partial charge in [0.05, 0.1) is 19.5 Å². The van der Waals surface area contributed by atoms with Crippen molar-refractivity contribution in [3.8, 4) is 5.75 Å². The fourth-order valence-electron chi connectivity index (χ4n) is 3.39. The van der Waals surface area contributed by atoms with E-state index in [1.165, 1.54) is 5.56 Å². The summed E-state index contributed by atoms with van der Waals surface area (Å²) in [5.41, 5.74) is 7.62. The van der Waals surface area contributed by atoms with Crippen molar-refractivity contribution in [2.75, 3.05) is 18.9 Å². The van der Waals surface area contributed by atoms with Crippen LogP contribution in [0.15, 0.2) is 67.3 Å². The zero-order valence-electron chi connectivity index (χ0n) is 16.0. The Morgan fingerprint density at radius 1 is 1.17 bits per heavy atom. The molecule has 1 aliphatic rings. The highest BCUT2D eigenvalue weighted by molar-refractivity contribution is 6.30. The van der Waals surface area contributed by atoms with Crippen molar-refractivity contribution in [1.82, 2.24) is 9.55 Å². The maximum Gasteiger partial charge on any atom is 0.187 e. The molecule has 4 rings (SSSR count). The summed E-state index contributed by atoms with van der Waals surface area (Å²) in [6.07, 6.45) is 6.82. The summed E-state index contributed by atoms with van der Waals surface area (Å²) in [5.74, 6) is 0.0335. The van der Waals surface area contributed by atoms with Crippen molar-refractivity contribution in [2.24, 2.45) is 0 Å². The second-order valence-electron chi connectivity index (χ2n) is 7.20. The summed E-state index contributed by atoms with van der Waals surface area (Å²) in [6, 6.07) is 15.2. The molecule has 0 saturated carbocycles. The number of nitrogens with two attached hydrogens (primary N) is 1. The van der Waals surface area contributed by atoms with Crippen LogP contribution >= 0.6 is 11.6 Å². The maximum absolute atomic E-state index is 6.37. The summed E-state index contributed by atoms with van der Waals surface area (Å²) < 4.78 is 20.4. The molecular formula is C23H28ClN3O3. The minimum absolute atomic E-state index is 0. The predicted molar refractivity (Wildman–Crippen MR) is 119 cm³/mol. The van der Waals surface area contributed by atoms with Crippen LogP contribution in [0.4, 0.5) is 5.69 Å². The van der Waals surface area contributed by atoms with Gasteiger partial charge < -0.3 is 24.5 Å². The first-order valence-corrected chi connectivity index (χ1v) is 9.98. The van der Waals surface area contributed by atoms with Crippen LogP contribution in [0.3, 0.4) is 0 Å². The molecule has 1 aliphatic heterocycles. The number of aromatic nitrogens is 2. The number of imidazole rings is 1. The number of benzene rings is 2. The molecule has 0 bridgehead atoms. The Morgan fingerprint density at radius 3 is 2.63 bits per heavy atom. The first-order chi connectivity index (χ1) is 14.1. The Labute approximate surface area is 182 Å². The van der Waals surface area contributed by atoms with Gasteiger partial charge in [-0.15, -0.1) is 0 Å². The molecule has 2 atom stereocenters. The summed E-state index contributed by atoms with van der Waals surface area (Å²) >= 11 is 5.99. The van der Waals surface area contributed by atoms with E-state index in [0.717, 1.165) is 17.2 Å². The third-order valence-corrected chi connectivity index (χ3v) is 5.17. The third-order valence-electron chi connectivity index (χ3n) is 4.92. The quantitative estimate of drug-likeness (QED) is 0.531. The van der Waals surface area contributed by atoms with E-state index < -0.39 is 5.79 Å². The number of rotatable bonds is 8. The Kier molecular flexibility index (Phi) is 7.37. The number of nitrogen functional groups attached to an aromatic ring is 1. The molecule has 1 aromatic heterocycles. The molecule has 2 heterocycles. The van der Waals surface area contributed by atoms with Crippen LogP contribution < -0.4 is 10.5 Å². The molecule has 30 heavy (non-hydrogen) atoms. The van der Waals surface area contributed by atoms with Crippen molar-refractivity contribution in [2.45, 2.75) is 38.7 Å². The molecule has 2 aromatic carbocycles. The molecule has 0 aliphatic carbocycles. The highest BCUT2D eigenvalue weighted by atomic mass is 35.5. The lowest BCUT2D eigenvalue weighted by atomic mass is 10.0. The van der Waals surface area contributed by atoms with Crippen LogP contribution in [0.25, 0.3) is 0 Å². The Morgan fingerprint density at radius 2 is 1.93 bits per heavy atom. The van der Waals surface area contributed by atoms with Gasteiger partial charge in [-0.1, -0.05) is 31.2 Å². The molecule has 1 fully saturated rings. The van der Waals surface area contributed by atoms with Crippen LogP contribution in [0.1, 0.15) is 19.4 Å². The second-order valence-corrected chi connectivity index (χ2v) is 7.64. The lowest BCUT2D eigenvalue weighted by Gasteiger charge is -2.28. The fourth-order valence-corrected chi connectivity index (χ4v) is 3.52. The lowest BCUT2D eigenvalue weighted by molar-refractivity contribution is -0.184. The van der Waals surface area contributed by atoms with Gasteiger partial charge in [-0.05, 0) is 48.4 Å². The number of nitrogens with zero attached hydrogens (tertiary/aromatic N) is 2. The Balaban J connectivity index is 0.00000256. The van der Waals surface area contributed by atoms with Gasteiger partial charge in [-0.2, -0.15) is 0 Å². The van der Waals surface area contributed by atoms with E-state index in [-0.39, 0.29) is 13.5 Å². The molecule has 2 N–H and O–H groups in total. The number of hydrogen-bond donors (Lipinski definition) is 1. The monoisotopic (exact) mass is 429 g/mol. The Hall–Kier alpha value is -2.54. The van der Waals surface area contributed by atoms with E-state index in [4.69, 9.17) is 31.5 Å². The van der Waals surface area contributed by atoms with Crippen LogP contribution in [-0.4, -0.2) is 34.7 Å². The van der Waals surface area contributed by atoms with Gasteiger partial charge >= 0.3 is 0 Å². The van der Waals surface area contributed by atoms with E-state index >= 15 is 0 Å². The van der Waals surface area contributed by atoms with Crippen LogP contribution in [0.5, 0.6) is 5.75 Å². The van der Waals surface area contributed by atoms with E-state index in [1.54, 1.807) is 12.5 Å². The molecule has 7 heteroatoms. The van der Waals surface area contributed by atoms with Crippen LogP contribution in [-0.2, 0) is 22.4 Å². The van der Waals surface area contributed by atoms with Gasteiger partial charge in [0.1, 0.15) is 18.5 Å². The molecule has 1 saturated heterocycles. The SMILES string of the molecule is C.Nc1ccc(OC[C@@H]2CO[C@@](CCc3ccc(Cl)cc3)(Cn3ccnc3)O2)cc1. The summed E-state index contributed by atoms with van der Waals surface area (Å²) in [5, 5.41) is 0.732. The number of hydrogen-bond acceptors (Lipinski definition) is 5. The van der Waals surface area contributed by atoms with E-state index in [0.29, 0.717) is 31.9 Å². The van der Waals surface area contributed by atoms with Crippen LogP contribution in [0.2, 0.25) is 5.02 Å². The van der Waals surface area contributed by atoms with Crippen molar-refractivity contribution < 1.29 is 14.2 Å². The van der Waals surface area contributed by atoms with Crippen molar-refractivity contribution in [3.05, 3.63) is 77.8 Å². The van der Waals surface area contributed by atoms with Gasteiger partial charge in [-0.3, -0.25) is 0 Å². The van der Waals surface area contributed by atoms with Gasteiger partial charge in [0, 0.05) is 29.5 Å². The number of aryl methyl sites for hydroxylation is 1. The molecule has 6 nitrogen and oxygen atoms in total.